The van der Waals surface area contributed by atoms with E-state index in [1.807, 2.05) is 0 Å². The Balaban J connectivity index is 1.81. The number of ether oxygens (including phenoxy) is 2. The molecule has 2 aromatic carbocycles. The smallest absolute Gasteiger partial charge is 0.150 e. The molecule has 0 aliphatic carbocycles. The van der Waals surface area contributed by atoms with Gasteiger partial charge in [-0.3, -0.25) is 4.79 Å². The number of carbonyl (C=O) groups excluding carboxylic acids is 1. The van der Waals surface area contributed by atoms with Crippen LogP contribution in [0.4, 0.5) is 4.39 Å². The summed E-state index contributed by atoms with van der Waals surface area (Å²) in [5, 5.41) is 0.372. The number of halogens is 2. The number of aldehydes is 1. The maximum absolute atomic E-state index is 12.7. The molecule has 0 aliphatic rings. The third-order valence-corrected chi connectivity index (χ3v) is 2.81. The van der Waals surface area contributed by atoms with E-state index in [0.717, 1.165) is 0 Å². The van der Waals surface area contributed by atoms with Gasteiger partial charge in [0, 0.05) is 5.56 Å². The first-order chi connectivity index (χ1) is 9.69. The van der Waals surface area contributed by atoms with Gasteiger partial charge in [-0.25, -0.2) is 4.39 Å². The van der Waals surface area contributed by atoms with E-state index in [-0.39, 0.29) is 12.4 Å². The first-order valence-electron chi connectivity index (χ1n) is 5.95. The van der Waals surface area contributed by atoms with Crippen LogP contribution in [-0.2, 0) is 0 Å². The molecule has 0 atom stereocenters. The standard InChI is InChI=1S/C15H12ClFO3/c16-14-9-11(10-18)1-6-15(14)20-8-7-19-13-4-2-12(17)3-5-13/h1-6,9-10H,7-8H2. The second kappa shape index (κ2) is 6.91. The van der Waals surface area contributed by atoms with Gasteiger partial charge in [-0.15, -0.1) is 0 Å². The average molecular weight is 295 g/mol. The molecule has 0 aliphatic heterocycles. The molecule has 5 heteroatoms. The van der Waals surface area contributed by atoms with Crippen LogP contribution in [0.2, 0.25) is 5.02 Å². The van der Waals surface area contributed by atoms with Gasteiger partial charge < -0.3 is 9.47 Å². The molecule has 0 radical (unpaired) electrons. The molecule has 20 heavy (non-hydrogen) atoms. The van der Waals surface area contributed by atoms with Crippen molar-refractivity contribution >= 4 is 17.9 Å². The Bertz CT molecular complexity index is 584. The first-order valence-corrected chi connectivity index (χ1v) is 6.33. The number of benzene rings is 2. The molecule has 0 amide bonds. The summed E-state index contributed by atoms with van der Waals surface area (Å²) in [6.45, 7) is 0.592. The van der Waals surface area contributed by atoms with Crippen LogP contribution >= 0.6 is 11.6 Å². The van der Waals surface area contributed by atoms with E-state index in [4.69, 9.17) is 21.1 Å². The van der Waals surface area contributed by atoms with E-state index in [9.17, 15) is 9.18 Å². The predicted molar refractivity (Wildman–Crippen MR) is 74.2 cm³/mol. The normalized spacial score (nSPS) is 10.1. The highest BCUT2D eigenvalue weighted by molar-refractivity contribution is 6.32. The van der Waals surface area contributed by atoms with Crippen LogP contribution in [0.25, 0.3) is 0 Å². The van der Waals surface area contributed by atoms with Crippen molar-refractivity contribution in [3.8, 4) is 11.5 Å². The maximum Gasteiger partial charge on any atom is 0.150 e. The fourth-order valence-corrected chi connectivity index (χ4v) is 1.79. The van der Waals surface area contributed by atoms with E-state index >= 15 is 0 Å². The molecule has 0 spiro atoms. The lowest BCUT2D eigenvalue weighted by Gasteiger charge is -2.09. The van der Waals surface area contributed by atoms with Gasteiger partial charge in [0.1, 0.15) is 36.8 Å². The van der Waals surface area contributed by atoms with Gasteiger partial charge in [0.15, 0.2) is 0 Å². The monoisotopic (exact) mass is 294 g/mol. The minimum Gasteiger partial charge on any atom is -0.490 e. The second-order valence-corrected chi connectivity index (χ2v) is 4.37. The molecule has 2 rings (SSSR count). The third-order valence-electron chi connectivity index (χ3n) is 2.52. The number of hydrogen-bond acceptors (Lipinski definition) is 3. The quantitative estimate of drug-likeness (QED) is 0.601. The van der Waals surface area contributed by atoms with Crippen molar-refractivity contribution in [1.82, 2.24) is 0 Å². The molecular weight excluding hydrogens is 283 g/mol. The molecule has 0 saturated heterocycles. The summed E-state index contributed by atoms with van der Waals surface area (Å²) in [6, 6.07) is 10.5. The fraction of sp³-hybridized carbons (Fsp3) is 0.133. The first kappa shape index (κ1) is 14.3. The summed E-state index contributed by atoms with van der Waals surface area (Å²) < 4.78 is 23.5. The third kappa shape index (κ3) is 3.96. The highest BCUT2D eigenvalue weighted by Crippen LogP contribution is 2.24. The Kier molecular flexibility index (Phi) is 4.96. The van der Waals surface area contributed by atoms with Gasteiger partial charge in [0.2, 0.25) is 0 Å². The van der Waals surface area contributed by atoms with E-state index in [0.29, 0.717) is 35.0 Å². The Morgan fingerprint density at radius 3 is 2.40 bits per heavy atom. The summed E-state index contributed by atoms with van der Waals surface area (Å²) in [7, 11) is 0. The zero-order valence-corrected chi connectivity index (χ0v) is 11.3. The Labute approximate surface area is 120 Å². The van der Waals surface area contributed by atoms with Gasteiger partial charge in [-0.2, -0.15) is 0 Å². The molecule has 104 valence electrons. The highest BCUT2D eigenvalue weighted by atomic mass is 35.5. The molecule has 3 nitrogen and oxygen atoms in total. The minimum absolute atomic E-state index is 0.289. The van der Waals surface area contributed by atoms with Crippen LogP contribution in [0.15, 0.2) is 42.5 Å². The van der Waals surface area contributed by atoms with Crippen LogP contribution in [0.5, 0.6) is 11.5 Å². The van der Waals surface area contributed by atoms with E-state index in [1.54, 1.807) is 24.3 Å². The second-order valence-electron chi connectivity index (χ2n) is 3.96. The Morgan fingerprint density at radius 2 is 1.75 bits per heavy atom. The summed E-state index contributed by atoms with van der Waals surface area (Å²) in [4.78, 5) is 10.6. The molecule has 0 N–H and O–H groups in total. The lowest BCUT2D eigenvalue weighted by molar-refractivity contribution is 0.112. The highest BCUT2D eigenvalue weighted by Gasteiger charge is 2.03. The molecule has 0 unspecified atom stereocenters. The lowest BCUT2D eigenvalue weighted by atomic mass is 10.2. The molecule has 2 aromatic rings. The number of rotatable bonds is 6. The molecule has 0 aromatic heterocycles. The van der Waals surface area contributed by atoms with Crippen LogP contribution in [0, 0.1) is 5.82 Å². The molecule has 0 heterocycles. The topological polar surface area (TPSA) is 35.5 Å². The van der Waals surface area contributed by atoms with Crippen LogP contribution in [-0.4, -0.2) is 19.5 Å². The predicted octanol–water partition coefficient (Wildman–Crippen LogP) is 3.75. The number of hydrogen-bond donors (Lipinski definition) is 0. The van der Waals surface area contributed by atoms with Gasteiger partial charge >= 0.3 is 0 Å². The summed E-state index contributed by atoms with van der Waals surface area (Å²) in [5.74, 6) is 0.744. The maximum atomic E-state index is 12.7. The van der Waals surface area contributed by atoms with Gasteiger partial charge in [0.05, 0.1) is 5.02 Å². The molecule has 0 saturated carbocycles. The van der Waals surface area contributed by atoms with Crippen molar-refractivity contribution < 1.29 is 18.7 Å². The van der Waals surface area contributed by atoms with E-state index in [2.05, 4.69) is 0 Å². The van der Waals surface area contributed by atoms with Crippen molar-refractivity contribution in [2.24, 2.45) is 0 Å². The fourth-order valence-electron chi connectivity index (χ4n) is 1.55. The van der Waals surface area contributed by atoms with E-state index in [1.165, 1.54) is 18.2 Å². The average Bonchev–Trinajstić information content (AvgIpc) is 2.46. The van der Waals surface area contributed by atoms with Gasteiger partial charge in [-0.1, -0.05) is 11.6 Å². The van der Waals surface area contributed by atoms with E-state index < -0.39 is 0 Å². The number of carbonyl (C=O) groups is 1. The summed E-state index contributed by atoms with van der Waals surface area (Å²) in [5.41, 5.74) is 0.491. The largest absolute Gasteiger partial charge is 0.490 e. The Morgan fingerprint density at radius 1 is 1.05 bits per heavy atom. The molecular formula is C15H12ClFO3. The zero-order valence-electron chi connectivity index (χ0n) is 10.5. The van der Waals surface area contributed by atoms with Crippen LogP contribution in [0.1, 0.15) is 10.4 Å². The van der Waals surface area contributed by atoms with Crippen molar-refractivity contribution in [3.05, 3.63) is 58.9 Å². The van der Waals surface area contributed by atoms with Gasteiger partial charge in [-0.05, 0) is 42.5 Å². The van der Waals surface area contributed by atoms with Gasteiger partial charge in [0.25, 0.3) is 0 Å². The lowest BCUT2D eigenvalue weighted by Crippen LogP contribution is -2.09. The van der Waals surface area contributed by atoms with Crippen LogP contribution in [0.3, 0.4) is 0 Å². The molecule has 0 fully saturated rings. The van der Waals surface area contributed by atoms with Crippen molar-refractivity contribution in [3.63, 3.8) is 0 Å². The van der Waals surface area contributed by atoms with Crippen molar-refractivity contribution in [2.75, 3.05) is 13.2 Å². The van der Waals surface area contributed by atoms with Crippen molar-refractivity contribution in [1.29, 1.82) is 0 Å². The summed E-state index contributed by atoms with van der Waals surface area (Å²) >= 11 is 5.96. The van der Waals surface area contributed by atoms with Crippen LogP contribution < -0.4 is 9.47 Å². The Hall–Kier alpha value is -2.07. The molecule has 0 bridgehead atoms. The zero-order chi connectivity index (χ0) is 14.4. The van der Waals surface area contributed by atoms with Crippen molar-refractivity contribution in [2.45, 2.75) is 0 Å². The minimum atomic E-state index is -0.310. The summed E-state index contributed by atoms with van der Waals surface area (Å²) in [6.07, 6.45) is 0.716. The SMILES string of the molecule is O=Cc1ccc(OCCOc2ccc(F)cc2)c(Cl)c1.